The molecule has 2 unspecified atom stereocenters. The van der Waals surface area contributed by atoms with Gasteiger partial charge in [-0.05, 0) is 31.4 Å². The summed E-state index contributed by atoms with van der Waals surface area (Å²) in [7, 11) is 0. The van der Waals surface area contributed by atoms with Gasteiger partial charge in [0.15, 0.2) is 0 Å². The first kappa shape index (κ1) is 10.2. The van der Waals surface area contributed by atoms with Crippen LogP contribution >= 0.6 is 0 Å². The van der Waals surface area contributed by atoms with Crippen molar-refractivity contribution < 1.29 is 14.6 Å². The van der Waals surface area contributed by atoms with Crippen LogP contribution in [0.2, 0.25) is 0 Å². The van der Waals surface area contributed by atoms with Crippen molar-refractivity contribution in [3.8, 4) is 0 Å². The van der Waals surface area contributed by atoms with Gasteiger partial charge in [0, 0.05) is 0 Å². The molecule has 80 valence electrons. The van der Waals surface area contributed by atoms with E-state index in [-0.39, 0.29) is 5.60 Å². The molecule has 0 amide bonds. The van der Waals surface area contributed by atoms with Gasteiger partial charge >= 0.3 is 5.97 Å². The van der Waals surface area contributed by atoms with Crippen LogP contribution in [-0.4, -0.2) is 11.6 Å². The second kappa shape index (κ2) is 3.66. The summed E-state index contributed by atoms with van der Waals surface area (Å²) in [5, 5.41) is 0. The summed E-state index contributed by atoms with van der Waals surface area (Å²) in [4.78, 5) is 21.4. The Bertz CT molecular complexity index is 360. The Labute approximate surface area is 88.9 Å². The minimum absolute atomic E-state index is 0.273. The minimum atomic E-state index is -0.434. The van der Waals surface area contributed by atoms with E-state index in [2.05, 4.69) is 6.92 Å². The lowest BCUT2D eigenvalue weighted by atomic mass is 10.2. The normalized spacial score (nSPS) is 28.5. The number of carbonyl (C=O) groups excluding carboxylic acids is 1. The van der Waals surface area contributed by atoms with Crippen molar-refractivity contribution in [2.45, 2.75) is 25.9 Å². The molecule has 1 fully saturated rings. The van der Waals surface area contributed by atoms with Gasteiger partial charge in [-0.25, -0.2) is 4.79 Å². The second-order valence-electron chi connectivity index (χ2n) is 4.24. The fourth-order valence-electron chi connectivity index (χ4n) is 1.42. The maximum Gasteiger partial charge on any atom is 0.373 e. The molecule has 1 saturated carbocycles. The average molecular weight is 206 g/mol. The largest absolute Gasteiger partial charge is 0.373 e. The first-order valence-corrected chi connectivity index (χ1v) is 5.07. The highest BCUT2D eigenvalue weighted by atomic mass is 17.2. The lowest BCUT2D eigenvalue weighted by Crippen LogP contribution is -2.16. The van der Waals surface area contributed by atoms with Gasteiger partial charge in [-0.1, -0.05) is 25.1 Å². The number of benzene rings is 1. The number of carbonyl (C=O) groups is 1. The van der Waals surface area contributed by atoms with Gasteiger partial charge in [-0.3, -0.25) is 4.89 Å². The maximum atomic E-state index is 11.5. The van der Waals surface area contributed by atoms with Crippen LogP contribution in [0.15, 0.2) is 30.3 Å². The zero-order valence-electron chi connectivity index (χ0n) is 8.90. The van der Waals surface area contributed by atoms with Gasteiger partial charge < -0.3 is 0 Å². The van der Waals surface area contributed by atoms with E-state index in [0.29, 0.717) is 11.5 Å². The summed E-state index contributed by atoms with van der Waals surface area (Å²) in [6, 6.07) is 8.83. The molecule has 0 saturated heterocycles. The van der Waals surface area contributed by atoms with Crippen LogP contribution in [0.5, 0.6) is 0 Å². The molecule has 15 heavy (non-hydrogen) atoms. The molecule has 0 spiro atoms. The van der Waals surface area contributed by atoms with E-state index < -0.39 is 5.97 Å². The number of hydrogen-bond acceptors (Lipinski definition) is 3. The van der Waals surface area contributed by atoms with Crippen molar-refractivity contribution in [1.82, 2.24) is 0 Å². The molecule has 1 aromatic rings. The highest BCUT2D eigenvalue weighted by Gasteiger charge is 2.50. The summed E-state index contributed by atoms with van der Waals surface area (Å²) in [5.74, 6) is 0.0250. The number of hydrogen-bond donors (Lipinski definition) is 0. The fourth-order valence-corrected chi connectivity index (χ4v) is 1.42. The molecule has 0 N–H and O–H groups in total. The topological polar surface area (TPSA) is 35.5 Å². The predicted molar refractivity (Wildman–Crippen MR) is 55.1 cm³/mol. The molecule has 0 heterocycles. The molecule has 1 aromatic carbocycles. The van der Waals surface area contributed by atoms with Crippen molar-refractivity contribution in [2.24, 2.45) is 5.92 Å². The molecular weight excluding hydrogens is 192 g/mol. The molecule has 1 aliphatic carbocycles. The van der Waals surface area contributed by atoms with Crippen molar-refractivity contribution in [1.29, 1.82) is 0 Å². The molecule has 2 rings (SSSR count). The molecule has 0 bridgehead atoms. The van der Waals surface area contributed by atoms with E-state index in [1.165, 1.54) is 0 Å². The van der Waals surface area contributed by atoms with Crippen LogP contribution in [0.1, 0.15) is 30.6 Å². The Hall–Kier alpha value is -1.35. The van der Waals surface area contributed by atoms with Gasteiger partial charge in [0.05, 0.1) is 5.56 Å². The molecule has 3 nitrogen and oxygen atoms in total. The maximum absolute atomic E-state index is 11.5. The molecule has 3 heteroatoms. The smallest absolute Gasteiger partial charge is 0.292 e. The van der Waals surface area contributed by atoms with Crippen molar-refractivity contribution >= 4 is 5.97 Å². The van der Waals surface area contributed by atoms with Crippen LogP contribution in [0, 0.1) is 5.92 Å². The van der Waals surface area contributed by atoms with Crippen LogP contribution in [0.4, 0.5) is 0 Å². The van der Waals surface area contributed by atoms with E-state index in [9.17, 15) is 4.79 Å². The average Bonchev–Trinajstić information content (AvgIpc) is 2.85. The highest BCUT2D eigenvalue weighted by Crippen LogP contribution is 2.46. The first-order valence-electron chi connectivity index (χ1n) is 5.07. The zero-order chi connectivity index (χ0) is 10.9. The summed E-state index contributed by atoms with van der Waals surface area (Å²) >= 11 is 0. The van der Waals surface area contributed by atoms with Gasteiger partial charge in [-0.15, -0.1) is 0 Å². The molecule has 2 atom stereocenters. The van der Waals surface area contributed by atoms with Crippen LogP contribution in [0.3, 0.4) is 0 Å². The summed E-state index contributed by atoms with van der Waals surface area (Å²) < 4.78 is 0. The van der Waals surface area contributed by atoms with E-state index in [0.717, 1.165) is 6.42 Å². The van der Waals surface area contributed by atoms with Gasteiger partial charge in [0.2, 0.25) is 0 Å². The molecular formula is C12H14O3. The quantitative estimate of drug-likeness (QED) is 0.563. The standard InChI is InChI=1S/C12H14O3/c1-9-8-12(9,2)15-14-11(13)10-6-4-3-5-7-10/h3-7,9H,8H2,1-2H3. The predicted octanol–water partition coefficient (Wildman–Crippen LogP) is 2.57. The van der Waals surface area contributed by atoms with Gasteiger partial charge in [0.1, 0.15) is 5.60 Å². The summed E-state index contributed by atoms with van der Waals surface area (Å²) in [5.41, 5.74) is 0.235. The Morgan fingerprint density at radius 1 is 1.40 bits per heavy atom. The molecule has 1 aliphatic rings. The lowest BCUT2D eigenvalue weighted by Gasteiger charge is -2.09. The monoisotopic (exact) mass is 206 g/mol. The molecule has 0 aromatic heterocycles. The van der Waals surface area contributed by atoms with E-state index in [1.54, 1.807) is 24.3 Å². The lowest BCUT2D eigenvalue weighted by molar-refractivity contribution is -0.284. The fraction of sp³-hybridized carbons (Fsp3) is 0.417. The second-order valence-corrected chi connectivity index (χ2v) is 4.24. The Balaban J connectivity index is 1.89. The Morgan fingerprint density at radius 2 is 2.00 bits per heavy atom. The van der Waals surface area contributed by atoms with E-state index in [4.69, 9.17) is 9.78 Å². The minimum Gasteiger partial charge on any atom is -0.292 e. The summed E-state index contributed by atoms with van der Waals surface area (Å²) in [6.45, 7) is 4.01. The van der Waals surface area contributed by atoms with Crippen molar-refractivity contribution in [3.05, 3.63) is 35.9 Å². The van der Waals surface area contributed by atoms with E-state index >= 15 is 0 Å². The van der Waals surface area contributed by atoms with Crippen LogP contribution in [0.25, 0.3) is 0 Å². The summed E-state index contributed by atoms with van der Waals surface area (Å²) in [6.07, 6.45) is 0.940. The first-order chi connectivity index (χ1) is 7.12. The Morgan fingerprint density at radius 3 is 2.53 bits per heavy atom. The van der Waals surface area contributed by atoms with Crippen LogP contribution < -0.4 is 0 Å². The van der Waals surface area contributed by atoms with Gasteiger partial charge in [0.25, 0.3) is 0 Å². The van der Waals surface area contributed by atoms with E-state index in [1.807, 2.05) is 13.0 Å². The highest BCUT2D eigenvalue weighted by molar-refractivity contribution is 5.88. The van der Waals surface area contributed by atoms with Crippen molar-refractivity contribution in [2.75, 3.05) is 0 Å². The third-order valence-electron chi connectivity index (χ3n) is 2.91. The molecule has 0 radical (unpaired) electrons. The zero-order valence-corrected chi connectivity index (χ0v) is 8.90. The van der Waals surface area contributed by atoms with Gasteiger partial charge in [-0.2, -0.15) is 4.89 Å². The van der Waals surface area contributed by atoms with Crippen LogP contribution in [-0.2, 0) is 9.78 Å². The van der Waals surface area contributed by atoms with Crippen molar-refractivity contribution in [3.63, 3.8) is 0 Å². The number of rotatable bonds is 3. The molecule has 0 aliphatic heterocycles. The SMILES string of the molecule is CC1CC1(C)OOC(=O)c1ccccc1. The third-order valence-corrected chi connectivity index (χ3v) is 2.91. The Kier molecular flexibility index (Phi) is 2.49. The third kappa shape index (κ3) is 2.18.